The molecule has 1 aromatic carbocycles. The van der Waals surface area contributed by atoms with Crippen LogP contribution in [-0.2, 0) is 9.53 Å². The highest BCUT2D eigenvalue weighted by Crippen LogP contribution is 2.33. The van der Waals surface area contributed by atoms with Crippen molar-refractivity contribution >= 4 is 23.5 Å². The lowest BCUT2D eigenvalue weighted by molar-refractivity contribution is -0.135. The van der Waals surface area contributed by atoms with Crippen LogP contribution >= 0.6 is 0 Å². The lowest BCUT2D eigenvalue weighted by Crippen LogP contribution is -2.48. The largest absolute Gasteiger partial charge is 0.491 e. The Labute approximate surface area is 208 Å². The molecule has 4 amide bonds. The average Bonchev–Trinajstić information content (AvgIpc) is 3.61. The van der Waals surface area contributed by atoms with Gasteiger partial charge in [-0.2, -0.15) is 0 Å². The highest BCUT2D eigenvalue weighted by atomic mass is 16.5. The molecule has 0 bridgehead atoms. The minimum absolute atomic E-state index is 0.0181. The minimum atomic E-state index is -0.346. The number of nitrogens with one attached hydrogen (secondary N) is 2. The van der Waals surface area contributed by atoms with Gasteiger partial charge in [0.05, 0.1) is 17.7 Å². The summed E-state index contributed by atoms with van der Waals surface area (Å²) in [5.41, 5.74) is 0.839. The summed E-state index contributed by atoms with van der Waals surface area (Å²) < 4.78 is 11.9. The van der Waals surface area contributed by atoms with Gasteiger partial charge in [0.15, 0.2) is 0 Å². The van der Waals surface area contributed by atoms with Crippen molar-refractivity contribution in [2.45, 2.75) is 65.1 Å². The molecule has 1 aliphatic carbocycles. The van der Waals surface area contributed by atoms with Crippen molar-refractivity contribution in [3.05, 3.63) is 23.8 Å². The Hall–Kier alpha value is -2.81. The van der Waals surface area contributed by atoms with Gasteiger partial charge in [0.25, 0.3) is 5.91 Å². The molecule has 9 heteroatoms. The fraction of sp³-hybridized carbons (Fsp3) is 0.654. The van der Waals surface area contributed by atoms with Crippen LogP contribution in [0, 0.1) is 11.8 Å². The Morgan fingerprint density at radius 2 is 1.91 bits per heavy atom. The monoisotopic (exact) mass is 488 g/mol. The van der Waals surface area contributed by atoms with Gasteiger partial charge in [0.2, 0.25) is 5.91 Å². The van der Waals surface area contributed by atoms with Gasteiger partial charge in [-0.15, -0.1) is 0 Å². The lowest BCUT2D eigenvalue weighted by Gasteiger charge is -2.36. The number of carbonyl (C=O) groups is 3. The number of hydrogen-bond donors (Lipinski definition) is 2. The predicted octanol–water partition coefficient (Wildman–Crippen LogP) is 3.35. The van der Waals surface area contributed by atoms with E-state index >= 15 is 0 Å². The summed E-state index contributed by atoms with van der Waals surface area (Å²) in [5, 5.41) is 5.55. The van der Waals surface area contributed by atoms with Crippen molar-refractivity contribution in [3.8, 4) is 5.75 Å². The third-order valence-corrected chi connectivity index (χ3v) is 6.60. The molecule has 1 fully saturated rings. The number of urea groups is 1. The van der Waals surface area contributed by atoms with Crippen LogP contribution < -0.4 is 15.4 Å². The summed E-state index contributed by atoms with van der Waals surface area (Å²) in [7, 11) is 3.36. The Morgan fingerprint density at radius 1 is 1.20 bits per heavy atom. The lowest BCUT2D eigenvalue weighted by atomic mass is 10.0. The number of hydrogen-bond acceptors (Lipinski definition) is 5. The first-order valence-corrected chi connectivity index (χ1v) is 12.5. The molecule has 2 aliphatic rings. The van der Waals surface area contributed by atoms with Crippen LogP contribution in [0.5, 0.6) is 5.75 Å². The van der Waals surface area contributed by atoms with Gasteiger partial charge in [-0.1, -0.05) is 6.92 Å². The van der Waals surface area contributed by atoms with E-state index in [0.29, 0.717) is 42.4 Å². The van der Waals surface area contributed by atoms with Crippen LogP contribution in [0.15, 0.2) is 18.2 Å². The summed E-state index contributed by atoms with van der Waals surface area (Å²) in [6.45, 7) is 8.93. The maximum absolute atomic E-state index is 13.4. The smallest absolute Gasteiger partial charge is 0.319 e. The van der Waals surface area contributed by atoms with E-state index in [0.717, 1.165) is 12.8 Å². The molecule has 3 rings (SSSR count). The SMILES string of the molecule is CO[C@@H]1CN(C)C(=O)c2cc(NC(=O)NC(C)C)ccc2OC[C@H](C)N(C(=O)CC2CC2)C[C@@H]1C. The number of benzene rings is 1. The quantitative estimate of drug-likeness (QED) is 0.662. The van der Waals surface area contributed by atoms with Crippen molar-refractivity contribution < 1.29 is 23.9 Å². The second-order valence-corrected chi connectivity index (χ2v) is 10.3. The van der Waals surface area contributed by atoms with Crippen molar-refractivity contribution in [1.82, 2.24) is 15.1 Å². The maximum Gasteiger partial charge on any atom is 0.319 e. The van der Waals surface area contributed by atoms with E-state index in [2.05, 4.69) is 10.6 Å². The molecule has 1 aromatic rings. The van der Waals surface area contributed by atoms with Gasteiger partial charge < -0.3 is 29.9 Å². The van der Waals surface area contributed by atoms with Crippen LogP contribution in [0.2, 0.25) is 0 Å². The number of anilines is 1. The van der Waals surface area contributed by atoms with E-state index in [9.17, 15) is 14.4 Å². The molecule has 0 aromatic heterocycles. The minimum Gasteiger partial charge on any atom is -0.491 e. The molecular weight excluding hydrogens is 448 g/mol. The fourth-order valence-electron chi connectivity index (χ4n) is 4.32. The first kappa shape index (κ1) is 26.8. The summed E-state index contributed by atoms with van der Waals surface area (Å²) in [6, 6.07) is 4.50. The maximum atomic E-state index is 13.4. The molecule has 194 valence electrons. The normalized spacial score (nSPS) is 23.6. The van der Waals surface area contributed by atoms with E-state index < -0.39 is 0 Å². The molecule has 0 saturated heterocycles. The van der Waals surface area contributed by atoms with E-state index in [1.54, 1.807) is 37.3 Å². The molecular formula is C26H40N4O5. The molecule has 35 heavy (non-hydrogen) atoms. The number of methoxy groups -OCH3 is 1. The molecule has 0 spiro atoms. The highest BCUT2D eigenvalue weighted by Gasteiger charge is 2.33. The fourth-order valence-corrected chi connectivity index (χ4v) is 4.32. The Morgan fingerprint density at radius 3 is 2.54 bits per heavy atom. The summed E-state index contributed by atoms with van der Waals surface area (Å²) in [5.74, 6) is 0.849. The van der Waals surface area contributed by atoms with Gasteiger partial charge in [-0.05, 0) is 57.7 Å². The van der Waals surface area contributed by atoms with E-state index in [4.69, 9.17) is 9.47 Å². The van der Waals surface area contributed by atoms with Crippen LogP contribution in [-0.4, -0.2) is 79.7 Å². The molecule has 2 N–H and O–H groups in total. The molecule has 9 nitrogen and oxygen atoms in total. The zero-order chi connectivity index (χ0) is 25.7. The number of rotatable bonds is 5. The Bertz CT molecular complexity index is 917. The number of amides is 4. The number of fused-ring (bicyclic) bond motifs is 1. The molecule has 1 heterocycles. The van der Waals surface area contributed by atoms with E-state index in [1.165, 1.54) is 0 Å². The number of carbonyl (C=O) groups excluding carboxylic acids is 3. The average molecular weight is 489 g/mol. The Balaban J connectivity index is 1.89. The van der Waals surface area contributed by atoms with Crippen LogP contribution in [0.1, 0.15) is 57.3 Å². The third-order valence-electron chi connectivity index (χ3n) is 6.60. The van der Waals surface area contributed by atoms with Gasteiger partial charge >= 0.3 is 6.03 Å². The summed E-state index contributed by atoms with van der Waals surface area (Å²) in [6.07, 6.45) is 2.56. The first-order valence-electron chi connectivity index (χ1n) is 12.5. The second kappa shape index (κ2) is 11.7. The van der Waals surface area contributed by atoms with Crippen LogP contribution in [0.4, 0.5) is 10.5 Å². The standard InChI is InChI=1S/C26H40N4O5/c1-16(2)27-26(33)28-20-9-10-22-21(12-20)25(32)29(5)14-23(34-6)17(3)13-30(18(4)15-35-22)24(31)11-19-7-8-19/h9-10,12,16-19,23H,7-8,11,13-15H2,1-6H3,(H2,27,28,33)/t17-,18-,23+/m0/s1. The highest BCUT2D eigenvalue weighted by molar-refractivity contribution is 5.99. The topological polar surface area (TPSA) is 100 Å². The van der Waals surface area contributed by atoms with Crippen LogP contribution in [0.3, 0.4) is 0 Å². The molecule has 0 unspecified atom stereocenters. The van der Waals surface area contributed by atoms with Gasteiger partial charge in [-0.3, -0.25) is 9.59 Å². The van der Waals surface area contributed by atoms with Gasteiger partial charge in [-0.25, -0.2) is 4.79 Å². The van der Waals surface area contributed by atoms with Crippen LogP contribution in [0.25, 0.3) is 0 Å². The zero-order valence-corrected chi connectivity index (χ0v) is 21.8. The number of likely N-dealkylation sites (N-methyl/N-ethyl adjacent to an activating group) is 1. The Kier molecular flexibility index (Phi) is 8.99. The van der Waals surface area contributed by atoms with Gasteiger partial charge in [0, 0.05) is 51.3 Å². The summed E-state index contributed by atoms with van der Waals surface area (Å²) in [4.78, 5) is 42.2. The molecule has 1 saturated carbocycles. The van der Waals surface area contributed by atoms with Gasteiger partial charge in [0.1, 0.15) is 12.4 Å². The number of ether oxygens (including phenoxy) is 2. The molecule has 1 aliphatic heterocycles. The van der Waals surface area contributed by atoms with E-state index in [1.807, 2.05) is 32.6 Å². The van der Waals surface area contributed by atoms with Crippen molar-refractivity contribution in [3.63, 3.8) is 0 Å². The molecule has 0 radical (unpaired) electrons. The van der Waals surface area contributed by atoms with Crippen molar-refractivity contribution in [2.24, 2.45) is 11.8 Å². The molecule has 3 atom stereocenters. The predicted molar refractivity (Wildman–Crippen MR) is 135 cm³/mol. The summed E-state index contributed by atoms with van der Waals surface area (Å²) >= 11 is 0. The zero-order valence-electron chi connectivity index (χ0n) is 21.8. The van der Waals surface area contributed by atoms with E-state index in [-0.39, 0.29) is 48.6 Å². The first-order chi connectivity index (χ1) is 16.6. The van der Waals surface area contributed by atoms with Crippen molar-refractivity contribution in [2.75, 3.05) is 39.2 Å². The number of nitrogens with zero attached hydrogens (tertiary/aromatic N) is 2. The second-order valence-electron chi connectivity index (χ2n) is 10.3. The van der Waals surface area contributed by atoms with Crippen molar-refractivity contribution in [1.29, 1.82) is 0 Å². The third kappa shape index (κ3) is 7.34.